The van der Waals surface area contributed by atoms with Crippen LogP contribution in [0.3, 0.4) is 0 Å². The lowest BCUT2D eigenvalue weighted by molar-refractivity contribution is -0.113. The summed E-state index contributed by atoms with van der Waals surface area (Å²) in [5.41, 5.74) is 2.33. The number of nitrogens with zero attached hydrogens (tertiary/aromatic N) is 1. The van der Waals surface area contributed by atoms with Crippen LogP contribution in [0, 0.1) is 0 Å². The number of hydrogen-bond acceptors (Lipinski definition) is 6. The van der Waals surface area contributed by atoms with Gasteiger partial charge in [0.05, 0.1) is 30.7 Å². The second-order valence-corrected chi connectivity index (χ2v) is 7.73. The number of para-hydroxylation sites is 2. The maximum atomic E-state index is 12.3. The third-order valence-corrected chi connectivity index (χ3v) is 5.45. The lowest BCUT2D eigenvalue weighted by atomic mass is 9.98. The molecule has 32 heavy (non-hydrogen) atoms. The molecule has 0 radical (unpaired) electrons. The molecule has 4 rings (SSSR count). The van der Waals surface area contributed by atoms with Crippen molar-refractivity contribution in [3.05, 3.63) is 66.4 Å². The lowest BCUT2D eigenvalue weighted by Crippen LogP contribution is -2.47. The van der Waals surface area contributed by atoms with Crippen molar-refractivity contribution in [3.63, 3.8) is 0 Å². The van der Waals surface area contributed by atoms with Gasteiger partial charge in [-0.15, -0.1) is 0 Å². The van der Waals surface area contributed by atoms with Crippen molar-refractivity contribution in [2.24, 2.45) is 0 Å². The summed E-state index contributed by atoms with van der Waals surface area (Å²) in [6, 6.07) is 18.5. The number of hydrogen-bond donors (Lipinski definition) is 3. The van der Waals surface area contributed by atoms with Crippen LogP contribution in [0.25, 0.3) is 11.3 Å². The number of ether oxygens (including phenoxy) is 2. The van der Waals surface area contributed by atoms with Crippen LogP contribution in [-0.4, -0.2) is 48.3 Å². The smallest absolute Gasteiger partial charge is 0.319 e. The number of carbonyl (C=O) groups excluding carboxylic acids is 1. The molecule has 0 aliphatic carbocycles. The number of aromatic nitrogens is 1. The van der Waals surface area contributed by atoms with Gasteiger partial charge in [0.1, 0.15) is 11.9 Å². The fraction of sp³-hybridized carbons (Fsp3) is 0.333. The molecule has 1 fully saturated rings. The number of urea groups is 1. The van der Waals surface area contributed by atoms with Gasteiger partial charge in [-0.05, 0) is 25.0 Å². The summed E-state index contributed by atoms with van der Waals surface area (Å²) in [6.45, 7) is 0.187. The Labute approximate surface area is 186 Å². The second kappa shape index (κ2) is 10.3. The number of rotatable bonds is 7. The van der Waals surface area contributed by atoms with Gasteiger partial charge in [0.25, 0.3) is 0 Å². The zero-order valence-electron chi connectivity index (χ0n) is 17.9. The average molecular weight is 437 g/mol. The molecule has 8 nitrogen and oxygen atoms in total. The summed E-state index contributed by atoms with van der Waals surface area (Å²) in [6.07, 6.45) is 0.615. The van der Waals surface area contributed by atoms with Crippen LogP contribution in [0.5, 0.6) is 5.75 Å². The van der Waals surface area contributed by atoms with E-state index in [-0.39, 0.29) is 12.6 Å². The van der Waals surface area contributed by atoms with Crippen LogP contribution < -0.4 is 15.4 Å². The summed E-state index contributed by atoms with van der Waals surface area (Å²) in [7, 11) is 1.54. The first kappa shape index (κ1) is 21.9. The molecule has 8 heteroatoms. The van der Waals surface area contributed by atoms with Gasteiger partial charge in [-0.3, -0.25) is 0 Å². The normalized spacial score (nSPS) is 20.5. The predicted molar refractivity (Wildman–Crippen MR) is 120 cm³/mol. The zero-order valence-corrected chi connectivity index (χ0v) is 17.9. The van der Waals surface area contributed by atoms with E-state index >= 15 is 0 Å². The number of aliphatic hydroxyl groups is 1. The van der Waals surface area contributed by atoms with Gasteiger partial charge in [-0.2, -0.15) is 0 Å². The predicted octanol–water partition coefficient (Wildman–Crippen LogP) is 3.62. The Balaban J connectivity index is 1.30. The average Bonchev–Trinajstić information content (AvgIpc) is 3.29. The van der Waals surface area contributed by atoms with E-state index < -0.39 is 18.2 Å². The summed E-state index contributed by atoms with van der Waals surface area (Å²) in [5, 5.41) is 20.0. The Morgan fingerprint density at radius 2 is 1.94 bits per heavy atom. The molecule has 2 heterocycles. The Kier molecular flexibility index (Phi) is 7.03. The Bertz CT molecular complexity index is 1020. The molecule has 1 aliphatic rings. The minimum Gasteiger partial charge on any atom is -0.495 e. The third kappa shape index (κ3) is 5.46. The summed E-state index contributed by atoms with van der Waals surface area (Å²) >= 11 is 0. The Hall–Kier alpha value is -3.36. The number of anilines is 1. The summed E-state index contributed by atoms with van der Waals surface area (Å²) in [5.74, 6) is 1.28. The van der Waals surface area contributed by atoms with Gasteiger partial charge < -0.3 is 29.7 Å². The highest BCUT2D eigenvalue weighted by Crippen LogP contribution is 2.25. The number of aliphatic hydroxyl groups excluding tert-OH is 1. The van der Waals surface area contributed by atoms with Crippen molar-refractivity contribution in [1.82, 2.24) is 10.5 Å². The number of amides is 2. The molecule has 3 N–H and O–H groups in total. The maximum absolute atomic E-state index is 12.3. The molecular formula is C24H27N3O5. The molecule has 0 unspecified atom stereocenters. The highest BCUT2D eigenvalue weighted by Gasteiger charge is 2.31. The van der Waals surface area contributed by atoms with E-state index in [4.69, 9.17) is 14.0 Å². The summed E-state index contributed by atoms with van der Waals surface area (Å²) in [4.78, 5) is 12.3. The number of benzene rings is 2. The SMILES string of the molecule is COc1ccccc1NC(=O)NC[C@H]1O[C@H](Cc2cc(-c3ccccc3)on2)CC[C@@H]1O. The van der Waals surface area contributed by atoms with E-state index in [1.165, 1.54) is 0 Å². The first-order valence-corrected chi connectivity index (χ1v) is 10.6. The van der Waals surface area contributed by atoms with Gasteiger partial charge in [0.2, 0.25) is 0 Å². The van der Waals surface area contributed by atoms with Crippen LogP contribution >= 0.6 is 0 Å². The molecule has 1 aromatic heterocycles. The topological polar surface area (TPSA) is 106 Å². The Morgan fingerprint density at radius 1 is 1.16 bits per heavy atom. The van der Waals surface area contributed by atoms with Gasteiger partial charge in [-0.25, -0.2) is 4.79 Å². The minimum absolute atomic E-state index is 0.115. The first-order valence-electron chi connectivity index (χ1n) is 10.6. The maximum Gasteiger partial charge on any atom is 0.319 e. The van der Waals surface area contributed by atoms with E-state index in [1.807, 2.05) is 48.5 Å². The molecule has 168 valence electrons. The Morgan fingerprint density at radius 3 is 2.75 bits per heavy atom. The van der Waals surface area contributed by atoms with E-state index in [1.54, 1.807) is 19.2 Å². The van der Waals surface area contributed by atoms with Gasteiger partial charge in [0.15, 0.2) is 5.76 Å². The molecule has 0 bridgehead atoms. The van der Waals surface area contributed by atoms with Crippen LogP contribution in [-0.2, 0) is 11.2 Å². The van der Waals surface area contributed by atoms with E-state index in [0.29, 0.717) is 36.5 Å². The van der Waals surface area contributed by atoms with Crippen LogP contribution in [0.2, 0.25) is 0 Å². The molecule has 0 saturated carbocycles. The van der Waals surface area contributed by atoms with Crippen LogP contribution in [0.15, 0.2) is 65.2 Å². The molecule has 2 amide bonds. The molecule has 3 aromatic rings. The highest BCUT2D eigenvalue weighted by atomic mass is 16.5. The van der Waals surface area contributed by atoms with Gasteiger partial charge in [0, 0.05) is 24.6 Å². The molecule has 3 atom stereocenters. The van der Waals surface area contributed by atoms with E-state index in [2.05, 4.69) is 15.8 Å². The van der Waals surface area contributed by atoms with Crippen molar-refractivity contribution in [3.8, 4) is 17.1 Å². The van der Waals surface area contributed by atoms with Crippen molar-refractivity contribution >= 4 is 11.7 Å². The van der Waals surface area contributed by atoms with Crippen molar-refractivity contribution in [2.45, 2.75) is 37.6 Å². The van der Waals surface area contributed by atoms with Crippen LogP contribution in [0.1, 0.15) is 18.5 Å². The van der Waals surface area contributed by atoms with Gasteiger partial charge in [-0.1, -0.05) is 47.6 Å². The number of nitrogens with one attached hydrogen (secondary N) is 2. The third-order valence-electron chi connectivity index (χ3n) is 5.45. The van der Waals surface area contributed by atoms with Crippen LogP contribution in [0.4, 0.5) is 10.5 Å². The standard InChI is InChI=1S/C24H27N3O5/c1-30-21-10-6-5-9-19(21)26-24(29)25-15-23-20(28)12-11-18(31-23)13-17-14-22(32-27-17)16-7-3-2-4-8-16/h2-10,14,18,20,23,28H,11-13,15H2,1H3,(H2,25,26,29)/t18-,20-,23+/m0/s1. The number of methoxy groups -OCH3 is 1. The van der Waals surface area contributed by atoms with Crippen molar-refractivity contribution < 1.29 is 23.9 Å². The monoisotopic (exact) mass is 437 g/mol. The quantitative estimate of drug-likeness (QED) is 0.521. The lowest BCUT2D eigenvalue weighted by Gasteiger charge is -2.33. The first-order chi connectivity index (χ1) is 15.6. The van der Waals surface area contributed by atoms with Crippen molar-refractivity contribution in [1.29, 1.82) is 0 Å². The molecule has 2 aromatic carbocycles. The van der Waals surface area contributed by atoms with Crippen molar-refractivity contribution in [2.75, 3.05) is 19.0 Å². The fourth-order valence-electron chi connectivity index (χ4n) is 3.77. The van der Waals surface area contributed by atoms with E-state index in [9.17, 15) is 9.90 Å². The van der Waals surface area contributed by atoms with E-state index in [0.717, 1.165) is 11.3 Å². The fourth-order valence-corrected chi connectivity index (χ4v) is 3.77. The molecule has 1 saturated heterocycles. The second-order valence-electron chi connectivity index (χ2n) is 7.73. The zero-order chi connectivity index (χ0) is 22.3. The number of carbonyl (C=O) groups is 1. The largest absolute Gasteiger partial charge is 0.495 e. The van der Waals surface area contributed by atoms with Gasteiger partial charge >= 0.3 is 6.03 Å². The molecule has 1 aliphatic heterocycles. The molecular weight excluding hydrogens is 410 g/mol. The molecule has 0 spiro atoms. The highest BCUT2D eigenvalue weighted by molar-refractivity contribution is 5.90. The minimum atomic E-state index is -0.644. The summed E-state index contributed by atoms with van der Waals surface area (Å²) < 4.78 is 16.8.